The van der Waals surface area contributed by atoms with Crippen molar-refractivity contribution in [3.8, 4) is 0 Å². The van der Waals surface area contributed by atoms with Crippen molar-refractivity contribution in [3.63, 3.8) is 0 Å². The normalized spacial score (nSPS) is 22.0. The van der Waals surface area contributed by atoms with Crippen LogP contribution in [-0.4, -0.2) is 30.4 Å². The van der Waals surface area contributed by atoms with Crippen LogP contribution in [0.25, 0.3) is 0 Å². The highest BCUT2D eigenvalue weighted by molar-refractivity contribution is 9.09. The Hall–Kier alpha value is 0.440. The summed E-state index contributed by atoms with van der Waals surface area (Å²) >= 11 is 3.66. The molecule has 0 aliphatic heterocycles. The predicted octanol–water partition coefficient (Wildman–Crippen LogP) is 2.89. The van der Waals surface area contributed by atoms with Gasteiger partial charge in [0.1, 0.15) is 0 Å². The SMILES string of the molecule is CCN(C)CC1(CBr)CCCC1. The zero-order valence-electron chi connectivity index (χ0n) is 8.27. The Bertz CT molecular complexity index is 130. The van der Waals surface area contributed by atoms with Crippen molar-refractivity contribution in [1.82, 2.24) is 4.90 Å². The second kappa shape index (κ2) is 4.61. The van der Waals surface area contributed by atoms with Gasteiger partial charge in [-0.3, -0.25) is 0 Å². The van der Waals surface area contributed by atoms with Gasteiger partial charge in [-0.1, -0.05) is 35.7 Å². The van der Waals surface area contributed by atoms with Crippen LogP contribution < -0.4 is 0 Å². The molecule has 0 amide bonds. The molecule has 72 valence electrons. The van der Waals surface area contributed by atoms with Gasteiger partial charge in [-0.2, -0.15) is 0 Å². The quantitative estimate of drug-likeness (QED) is 0.676. The van der Waals surface area contributed by atoms with Crippen LogP contribution in [-0.2, 0) is 0 Å². The van der Waals surface area contributed by atoms with Gasteiger partial charge in [0.25, 0.3) is 0 Å². The third-order valence-electron chi connectivity index (χ3n) is 3.09. The molecule has 0 spiro atoms. The fourth-order valence-electron chi connectivity index (χ4n) is 2.14. The molecule has 1 nitrogen and oxygen atoms in total. The van der Waals surface area contributed by atoms with Crippen LogP contribution in [0.15, 0.2) is 0 Å². The molecule has 1 aliphatic carbocycles. The number of hydrogen-bond donors (Lipinski definition) is 0. The summed E-state index contributed by atoms with van der Waals surface area (Å²) in [5.74, 6) is 0. The van der Waals surface area contributed by atoms with Crippen molar-refractivity contribution in [1.29, 1.82) is 0 Å². The molecule has 1 aliphatic rings. The van der Waals surface area contributed by atoms with Crippen molar-refractivity contribution >= 4 is 15.9 Å². The molecule has 0 unspecified atom stereocenters. The van der Waals surface area contributed by atoms with Crippen molar-refractivity contribution in [2.45, 2.75) is 32.6 Å². The lowest BCUT2D eigenvalue weighted by Crippen LogP contribution is -2.34. The van der Waals surface area contributed by atoms with Gasteiger partial charge in [0.15, 0.2) is 0 Å². The second-order valence-corrected chi connectivity index (χ2v) is 4.73. The Morgan fingerprint density at radius 2 is 1.92 bits per heavy atom. The number of halogens is 1. The van der Waals surface area contributed by atoms with E-state index in [1.54, 1.807) is 0 Å². The molecule has 12 heavy (non-hydrogen) atoms. The molecule has 1 saturated carbocycles. The highest BCUT2D eigenvalue weighted by atomic mass is 79.9. The van der Waals surface area contributed by atoms with Crippen LogP contribution >= 0.6 is 15.9 Å². The van der Waals surface area contributed by atoms with E-state index in [9.17, 15) is 0 Å². The zero-order chi connectivity index (χ0) is 9.03. The lowest BCUT2D eigenvalue weighted by Gasteiger charge is -2.31. The largest absolute Gasteiger partial charge is 0.306 e. The lowest BCUT2D eigenvalue weighted by atomic mass is 9.88. The second-order valence-electron chi connectivity index (χ2n) is 4.17. The summed E-state index contributed by atoms with van der Waals surface area (Å²) in [5.41, 5.74) is 0.602. The molecule has 1 fully saturated rings. The highest BCUT2D eigenvalue weighted by Crippen LogP contribution is 2.39. The number of hydrogen-bond acceptors (Lipinski definition) is 1. The van der Waals surface area contributed by atoms with Gasteiger partial charge in [-0.05, 0) is 31.8 Å². The molecule has 2 heteroatoms. The molecular formula is C10H20BrN. The van der Waals surface area contributed by atoms with Gasteiger partial charge in [0, 0.05) is 11.9 Å². The number of alkyl halides is 1. The summed E-state index contributed by atoms with van der Waals surface area (Å²) in [5, 5.41) is 1.18. The Morgan fingerprint density at radius 1 is 1.33 bits per heavy atom. The van der Waals surface area contributed by atoms with Crippen molar-refractivity contribution < 1.29 is 0 Å². The average molecular weight is 234 g/mol. The minimum Gasteiger partial charge on any atom is -0.306 e. The molecule has 0 heterocycles. The van der Waals surface area contributed by atoms with E-state index in [0.717, 1.165) is 0 Å². The molecule has 0 N–H and O–H groups in total. The van der Waals surface area contributed by atoms with Crippen molar-refractivity contribution in [3.05, 3.63) is 0 Å². The zero-order valence-corrected chi connectivity index (χ0v) is 9.86. The first-order valence-corrected chi connectivity index (χ1v) is 6.09. The third-order valence-corrected chi connectivity index (χ3v) is 4.28. The van der Waals surface area contributed by atoms with Gasteiger partial charge in [0.05, 0.1) is 0 Å². The van der Waals surface area contributed by atoms with Crippen LogP contribution in [0.4, 0.5) is 0 Å². The highest BCUT2D eigenvalue weighted by Gasteiger charge is 2.33. The van der Waals surface area contributed by atoms with Gasteiger partial charge >= 0.3 is 0 Å². The third kappa shape index (κ3) is 2.46. The summed E-state index contributed by atoms with van der Waals surface area (Å²) in [6.45, 7) is 4.68. The van der Waals surface area contributed by atoms with Crippen molar-refractivity contribution in [2.75, 3.05) is 25.5 Å². The maximum absolute atomic E-state index is 3.66. The van der Waals surface area contributed by atoms with Gasteiger partial charge < -0.3 is 4.90 Å². The molecule has 0 aromatic rings. The molecule has 0 radical (unpaired) electrons. The maximum atomic E-state index is 3.66. The molecule has 0 aromatic heterocycles. The summed E-state index contributed by atoms with van der Waals surface area (Å²) < 4.78 is 0. The minimum atomic E-state index is 0.602. The van der Waals surface area contributed by atoms with E-state index in [-0.39, 0.29) is 0 Å². The first-order valence-electron chi connectivity index (χ1n) is 4.97. The summed E-state index contributed by atoms with van der Waals surface area (Å²) in [7, 11) is 2.22. The van der Waals surface area contributed by atoms with E-state index in [1.807, 2.05) is 0 Å². The van der Waals surface area contributed by atoms with E-state index in [1.165, 1.54) is 44.1 Å². The molecule has 0 saturated heterocycles. The summed E-state index contributed by atoms with van der Waals surface area (Å²) in [6.07, 6.45) is 5.71. The van der Waals surface area contributed by atoms with Crippen LogP contribution in [0.5, 0.6) is 0 Å². The first-order chi connectivity index (χ1) is 5.72. The Morgan fingerprint density at radius 3 is 2.33 bits per heavy atom. The van der Waals surface area contributed by atoms with Crippen LogP contribution in [0.1, 0.15) is 32.6 Å². The Labute approximate surface area is 84.6 Å². The van der Waals surface area contributed by atoms with Gasteiger partial charge in [-0.25, -0.2) is 0 Å². The summed E-state index contributed by atoms with van der Waals surface area (Å²) in [4.78, 5) is 2.44. The van der Waals surface area contributed by atoms with Gasteiger partial charge in [0.2, 0.25) is 0 Å². The summed E-state index contributed by atoms with van der Waals surface area (Å²) in [6, 6.07) is 0. The number of rotatable bonds is 4. The van der Waals surface area contributed by atoms with Crippen molar-refractivity contribution in [2.24, 2.45) is 5.41 Å². The topological polar surface area (TPSA) is 3.24 Å². The lowest BCUT2D eigenvalue weighted by molar-refractivity contribution is 0.209. The predicted molar refractivity (Wildman–Crippen MR) is 57.9 cm³/mol. The van der Waals surface area contributed by atoms with E-state index in [0.29, 0.717) is 5.41 Å². The fraction of sp³-hybridized carbons (Fsp3) is 1.00. The Balaban J connectivity index is 2.43. The molecule has 0 bridgehead atoms. The maximum Gasteiger partial charge on any atom is 0.0100 e. The van der Waals surface area contributed by atoms with E-state index in [4.69, 9.17) is 0 Å². The van der Waals surface area contributed by atoms with E-state index >= 15 is 0 Å². The molecular weight excluding hydrogens is 214 g/mol. The average Bonchev–Trinajstić information content (AvgIpc) is 2.54. The number of nitrogens with zero attached hydrogens (tertiary/aromatic N) is 1. The monoisotopic (exact) mass is 233 g/mol. The first kappa shape index (κ1) is 10.5. The van der Waals surface area contributed by atoms with Crippen LogP contribution in [0, 0.1) is 5.41 Å². The van der Waals surface area contributed by atoms with Gasteiger partial charge in [-0.15, -0.1) is 0 Å². The smallest absolute Gasteiger partial charge is 0.0100 e. The van der Waals surface area contributed by atoms with E-state index in [2.05, 4.69) is 34.8 Å². The molecule has 1 rings (SSSR count). The standard InChI is InChI=1S/C10H20BrN/c1-3-12(2)9-10(8-11)6-4-5-7-10/h3-9H2,1-2H3. The molecule has 0 aromatic carbocycles. The Kier molecular flexibility index (Phi) is 4.04. The minimum absolute atomic E-state index is 0.602. The van der Waals surface area contributed by atoms with Crippen LogP contribution in [0.3, 0.4) is 0 Å². The van der Waals surface area contributed by atoms with Crippen LogP contribution in [0.2, 0.25) is 0 Å². The fourth-order valence-corrected chi connectivity index (χ4v) is 2.88. The molecule has 0 atom stereocenters. The van der Waals surface area contributed by atoms with E-state index < -0.39 is 0 Å².